The Balaban J connectivity index is 2.28. The molecule has 1 aliphatic heterocycles. The van der Waals surface area contributed by atoms with Crippen molar-refractivity contribution in [1.82, 2.24) is 14.9 Å². The second-order valence-corrected chi connectivity index (χ2v) is 4.42. The van der Waals surface area contributed by atoms with Crippen LogP contribution >= 0.6 is 0 Å². The van der Waals surface area contributed by atoms with Gasteiger partial charge in [-0.05, 0) is 14.0 Å². The zero-order valence-electron chi connectivity index (χ0n) is 10.6. The smallest absolute Gasteiger partial charge is 0.242 e. The van der Waals surface area contributed by atoms with E-state index in [1.807, 2.05) is 0 Å². The van der Waals surface area contributed by atoms with Gasteiger partial charge in [0.05, 0.1) is 7.11 Å². The van der Waals surface area contributed by atoms with E-state index in [-0.39, 0.29) is 0 Å². The predicted octanol–water partition coefficient (Wildman–Crippen LogP) is 0.208. The van der Waals surface area contributed by atoms with Crippen LogP contribution in [0.25, 0.3) is 0 Å². The Labute approximate surface area is 101 Å². The largest absolute Gasteiger partial charge is 0.479 e. The van der Waals surface area contributed by atoms with Crippen molar-refractivity contribution in [1.29, 1.82) is 0 Å². The number of nitrogen functional groups attached to an aromatic ring is 1. The molecule has 1 aliphatic rings. The van der Waals surface area contributed by atoms with Crippen LogP contribution < -0.4 is 15.4 Å². The van der Waals surface area contributed by atoms with Gasteiger partial charge in [0.25, 0.3) is 0 Å². The average molecular weight is 237 g/mol. The first-order chi connectivity index (χ1) is 8.13. The van der Waals surface area contributed by atoms with Gasteiger partial charge in [-0.25, -0.2) is 4.98 Å². The molecule has 1 unspecified atom stereocenters. The number of nitrogens with zero attached hydrogens (tertiary/aromatic N) is 4. The van der Waals surface area contributed by atoms with Crippen LogP contribution in [0.4, 0.5) is 11.5 Å². The molecule has 1 saturated heterocycles. The summed E-state index contributed by atoms with van der Waals surface area (Å²) < 4.78 is 5.12. The summed E-state index contributed by atoms with van der Waals surface area (Å²) >= 11 is 0. The van der Waals surface area contributed by atoms with E-state index in [4.69, 9.17) is 10.5 Å². The Morgan fingerprint density at radius 1 is 1.41 bits per heavy atom. The summed E-state index contributed by atoms with van der Waals surface area (Å²) in [6.07, 6.45) is 1.50. The van der Waals surface area contributed by atoms with Gasteiger partial charge in [0.1, 0.15) is 12.0 Å². The van der Waals surface area contributed by atoms with E-state index >= 15 is 0 Å². The molecule has 6 nitrogen and oxygen atoms in total. The topological polar surface area (TPSA) is 67.5 Å². The molecule has 1 aromatic rings. The second-order valence-electron chi connectivity index (χ2n) is 4.42. The third-order valence-corrected chi connectivity index (χ3v) is 3.12. The molecule has 2 heterocycles. The zero-order chi connectivity index (χ0) is 12.4. The molecule has 0 bridgehead atoms. The first-order valence-electron chi connectivity index (χ1n) is 5.73. The fourth-order valence-corrected chi connectivity index (χ4v) is 2.22. The fraction of sp³-hybridized carbons (Fsp3) is 0.636. The number of hydrogen-bond donors (Lipinski definition) is 1. The molecule has 94 valence electrons. The van der Waals surface area contributed by atoms with Crippen molar-refractivity contribution in [2.24, 2.45) is 0 Å². The lowest BCUT2D eigenvalue weighted by atomic mass is 10.2. The number of rotatable bonds is 2. The Morgan fingerprint density at radius 2 is 2.18 bits per heavy atom. The van der Waals surface area contributed by atoms with Crippen molar-refractivity contribution in [2.45, 2.75) is 13.0 Å². The van der Waals surface area contributed by atoms with E-state index in [1.54, 1.807) is 7.11 Å². The van der Waals surface area contributed by atoms with Crippen LogP contribution in [-0.4, -0.2) is 54.7 Å². The molecule has 1 aromatic heterocycles. The minimum Gasteiger partial charge on any atom is -0.479 e. The monoisotopic (exact) mass is 237 g/mol. The molecule has 2 N–H and O–H groups in total. The van der Waals surface area contributed by atoms with Crippen LogP contribution in [0.3, 0.4) is 0 Å². The third kappa shape index (κ3) is 2.26. The first kappa shape index (κ1) is 11.9. The maximum atomic E-state index is 6.02. The van der Waals surface area contributed by atoms with E-state index in [0.717, 1.165) is 25.5 Å². The molecule has 0 aromatic carbocycles. The van der Waals surface area contributed by atoms with Crippen molar-refractivity contribution in [2.75, 3.05) is 44.4 Å². The Hall–Kier alpha value is -1.56. The van der Waals surface area contributed by atoms with Crippen LogP contribution in [0.1, 0.15) is 6.92 Å². The van der Waals surface area contributed by atoms with E-state index in [1.165, 1.54) is 6.33 Å². The summed E-state index contributed by atoms with van der Waals surface area (Å²) in [5, 5.41) is 0. The van der Waals surface area contributed by atoms with Gasteiger partial charge in [-0.2, -0.15) is 4.98 Å². The summed E-state index contributed by atoms with van der Waals surface area (Å²) in [6.45, 7) is 5.10. The average Bonchev–Trinajstić information content (AvgIpc) is 2.30. The van der Waals surface area contributed by atoms with Crippen molar-refractivity contribution in [3.05, 3.63) is 6.33 Å². The Morgan fingerprint density at radius 3 is 2.82 bits per heavy atom. The number of nitrogens with two attached hydrogens (primary N) is 1. The van der Waals surface area contributed by atoms with Gasteiger partial charge in [-0.1, -0.05) is 0 Å². The van der Waals surface area contributed by atoms with Gasteiger partial charge >= 0.3 is 0 Å². The van der Waals surface area contributed by atoms with E-state index in [2.05, 4.69) is 33.7 Å². The number of anilines is 2. The molecule has 0 amide bonds. The highest BCUT2D eigenvalue weighted by Gasteiger charge is 2.25. The molecule has 17 heavy (non-hydrogen) atoms. The molecule has 2 rings (SSSR count). The normalized spacial score (nSPS) is 21.6. The number of hydrogen-bond acceptors (Lipinski definition) is 6. The quantitative estimate of drug-likeness (QED) is 0.793. The summed E-state index contributed by atoms with van der Waals surface area (Å²) in [4.78, 5) is 12.8. The molecular formula is C11H19N5O. The van der Waals surface area contributed by atoms with Gasteiger partial charge in [0.15, 0.2) is 5.82 Å². The highest BCUT2D eigenvalue weighted by atomic mass is 16.5. The predicted molar refractivity (Wildman–Crippen MR) is 67.3 cm³/mol. The fourth-order valence-electron chi connectivity index (χ4n) is 2.22. The maximum absolute atomic E-state index is 6.02. The highest BCUT2D eigenvalue weighted by molar-refractivity contribution is 5.68. The van der Waals surface area contributed by atoms with Crippen molar-refractivity contribution < 1.29 is 4.74 Å². The second kappa shape index (κ2) is 4.75. The molecule has 0 saturated carbocycles. The van der Waals surface area contributed by atoms with Crippen LogP contribution in [0.15, 0.2) is 6.33 Å². The lowest BCUT2D eigenvalue weighted by Gasteiger charge is -2.39. The standard InChI is InChI=1S/C11H19N5O/c1-8-6-15(2)4-5-16(8)10-9(12)11(17-3)14-7-13-10/h7-8H,4-6,12H2,1-3H3. The molecule has 1 fully saturated rings. The molecule has 0 radical (unpaired) electrons. The van der Waals surface area contributed by atoms with Gasteiger partial charge in [0.2, 0.25) is 5.88 Å². The lowest BCUT2D eigenvalue weighted by Crippen LogP contribution is -2.51. The van der Waals surface area contributed by atoms with Crippen LogP contribution in [0.5, 0.6) is 5.88 Å². The number of ether oxygens (including phenoxy) is 1. The Kier molecular flexibility index (Phi) is 3.33. The van der Waals surface area contributed by atoms with E-state index in [0.29, 0.717) is 17.6 Å². The SMILES string of the molecule is COc1ncnc(N2CCN(C)CC2C)c1N. The molecule has 1 atom stereocenters. The third-order valence-electron chi connectivity index (χ3n) is 3.12. The minimum atomic E-state index is 0.385. The van der Waals surface area contributed by atoms with Crippen LogP contribution in [0, 0.1) is 0 Å². The van der Waals surface area contributed by atoms with Gasteiger partial charge in [0, 0.05) is 25.7 Å². The van der Waals surface area contributed by atoms with Crippen molar-refractivity contribution >= 4 is 11.5 Å². The summed E-state index contributed by atoms with van der Waals surface area (Å²) in [5.74, 6) is 1.22. The summed E-state index contributed by atoms with van der Waals surface area (Å²) in [7, 11) is 3.69. The first-order valence-corrected chi connectivity index (χ1v) is 5.73. The minimum absolute atomic E-state index is 0.385. The van der Waals surface area contributed by atoms with Crippen molar-refractivity contribution in [3.63, 3.8) is 0 Å². The molecular weight excluding hydrogens is 218 g/mol. The van der Waals surface area contributed by atoms with Crippen LogP contribution in [-0.2, 0) is 0 Å². The molecule has 0 aliphatic carbocycles. The van der Waals surface area contributed by atoms with Gasteiger partial charge < -0.3 is 20.3 Å². The van der Waals surface area contributed by atoms with Crippen LogP contribution in [0.2, 0.25) is 0 Å². The summed E-state index contributed by atoms with van der Waals surface area (Å²) in [6, 6.07) is 0.385. The highest BCUT2D eigenvalue weighted by Crippen LogP contribution is 2.29. The van der Waals surface area contributed by atoms with Gasteiger partial charge in [-0.3, -0.25) is 0 Å². The maximum Gasteiger partial charge on any atom is 0.242 e. The van der Waals surface area contributed by atoms with Crippen molar-refractivity contribution in [3.8, 4) is 5.88 Å². The number of aromatic nitrogens is 2. The Bertz CT molecular complexity index is 397. The molecule has 6 heteroatoms. The van der Waals surface area contributed by atoms with E-state index < -0.39 is 0 Å². The lowest BCUT2D eigenvalue weighted by molar-refractivity contribution is 0.274. The number of likely N-dealkylation sites (N-methyl/N-ethyl adjacent to an activating group) is 1. The van der Waals surface area contributed by atoms with Gasteiger partial charge in [-0.15, -0.1) is 0 Å². The van der Waals surface area contributed by atoms with E-state index in [9.17, 15) is 0 Å². The number of piperazine rings is 1. The molecule has 0 spiro atoms. The zero-order valence-corrected chi connectivity index (χ0v) is 10.6. The summed E-state index contributed by atoms with van der Waals surface area (Å²) in [5.41, 5.74) is 6.54. The number of methoxy groups -OCH3 is 1.